The molecule has 1 aromatic carbocycles. The van der Waals surface area contributed by atoms with Gasteiger partial charge >= 0.3 is 0 Å². The molecule has 0 amide bonds. The number of hydrogen-bond donors (Lipinski definition) is 1. The lowest BCUT2D eigenvalue weighted by Crippen LogP contribution is -2.18. The average Bonchev–Trinajstić information content (AvgIpc) is 2.86. The Morgan fingerprint density at radius 2 is 2.00 bits per heavy atom. The molecule has 1 atom stereocenters. The Bertz CT molecular complexity index is 487. The first-order valence-corrected chi connectivity index (χ1v) is 7.28. The summed E-state index contributed by atoms with van der Waals surface area (Å²) in [6.45, 7) is 7.54. The number of nitrogens with zero attached hydrogens (tertiary/aromatic N) is 1. The van der Waals surface area contributed by atoms with Gasteiger partial charge in [0.15, 0.2) is 0 Å². The number of aryl methyl sites for hydroxylation is 1. The second-order valence-corrected chi connectivity index (χ2v) is 5.67. The largest absolute Gasteiger partial charge is 0.309 e. The number of rotatable bonds is 5. The van der Waals surface area contributed by atoms with Crippen molar-refractivity contribution in [2.75, 3.05) is 6.54 Å². The molecule has 18 heavy (non-hydrogen) atoms. The van der Waals surface area contributed by atoms with Gasteiger partial charge in [-0.2, -0.15) is 0 Å². The summed E-state index contributed by atoms with van der Waals surface area (Å²) in [6, 6.07) is 8.94. The summed E-state index contributed by atoms with van der Waals surface area (Å²) in [5.74, 6) is 0. The minimum absolute atomic E-state index is 0.390. The van der Waals surface area contributed by atoms with E-state index >= 15 is 0 Å². The van der Waals surface area contributed by atoms with E-state index in [0.717, 1.165) is 18.0 Å². The third kappa shape index (κ3) is 3.18. The molecule has 1 aromatic heterocycles. The first-order chi connectivity index (χ1) is 8.70. The summed E-state index contributed by atoms with van der Waals surface area (Å²) in [5.41, 5.74) is 2.49. The quantitative estimate of drug-likeness (QED) is 0.872. The van der Waals surface area contributed by atoms with Crippen LogP contribution in [0.3, 0.4) is 0 Å². The molecule has 0 bridgehead atoms. The molecule has 0 aliphatic rings. The number of benzene rings is 1. The van der Waals surface area contributed by atoms with Crippen LogP contribution in [0.1, 0.15) is 36.8 Å². The van der Waals surface area contributed by atoms with E-state index in [1.54, 1.807) is 11.3 Å². The van der Waals surface area contributed by atoms with Crippen LogP contribution in [0.15, 0.2) is 30.5 Å². The molecule has 3 heteroatoms. The van der Waals surface area contributed by atoms with Crippen molar-refractivity contribution < 1.29 is 0 Å². The van der Waals surface area contributed by atoms with Gasteiger partial charge in [0.1, 0.15) is 5.01 Å². The third-order valence-electron chi connectivity index (χ3n) is 2.95. The summed E-state index contributed by atoms with van der Waals surface area (Å²) in [6.07, 6.45) is 3.15. The Balaban J connectivity index is 2.12. The van der Waals surface area contributed by atoms with Gasteiger partial charge in [0.2, 0.25) is 0 Å². The van der Waals surface area contributed by atoms with Crippen molar-refractivity contribution in [3.05, 3.63) is 40.9 Å². The van der Waals surface area contributed by atoms with Crippen LogP contribution in [-0.4, -0.2) is 11.5 Å². The molecule has 96 valence electrons. The van der Waals surface area contributed by atoms with E-state index < -0.39 is 0 Å². The average molecular weight is 260 g/mol. The van der Waals surface area contributed by atoms with Crippen LogP contribution in [0.5, 0.6) is 0 Å². The minimum atomic E-state index is 0.390. The van der Waals surface area contributed by atoms with Crippen molar-refractivity contribution in [3.63, 3.8) is 0 Å². The van der Waals surface area contributed by atoms with E-state index in [4.69, 9.17) is 0 Å². The number of aromatic nitrogens is 1. The molecule has 2 aromatic rings. The zero-order chi connectivity index (χ0) is 13.0. The van der Waals surface area contributed by atoms with E-state index in [0.29, 0.717) is 6.04 Å². The van der Waals surface area contributed by atoms with E-state index in [9.17, 15) is 0 Å². The summed E-state index contributed by atoms with van der Waals surface area (Å²) in [4.78, 5) is 5.83. The van der Waals surface area contributed by atoms with Crippen molar-refractivity contribution in [1.29, 1.82) is 0 Å². The zero-order valence-corrected chi connectivity index (χ0v) is 12.1. The van der Waals surface area contributed by atoms with Crippen LogP contribution < -0.4 is 5.32 Å². The molecule has 1 N–H and O–H groups in total. The lowest BCUT2D eigenvalue weighted by molar-refractivity contribution is 0.577. The van der Waals surface area contributed by atoms with Crippen molar-refractivity contribution in [1.82, 2.24) is 10.3 Å². The minimum Gasteiger partial charge on any atom is -0.309 e. The fourth-order valence-corrected chi connectivity index (χ4v) is 2.73. The monoisotopic (exact) mass is 260 g/mol. The van der Waals surface area contributed by atoms with Gasteiger partial charge in [-0.05, 0) is 26.8 Å². The van der Waals surface area contributed by atoms with Crippen molar-refractivity contribution >= 4 is 11.3 Å². The summed E-state index contributed by atoms with van der Waals surface area (Å²) in [5, 5.41) is 4.60. The third-order valence-corrected chi connectivity index (χ3v) is 4.18. The molecule has 0 saturated heterocycles. The zero-order valence-electron chi connectivity index (χ0n) is 11.2. The van der Waals surface area contributed by atoms with Gasteiger partial charge < -0.3 is 5.32 Å². The van der Waals surface area contributed by atoms with Crippen molar-refractivity contribution in [3.8, 4) is 10.6 Å². The van der Waals surface area contributed by atoms with Crippen LogP contribution >= 0.6 is 11.3 Å². The Labute approximate surface area is 113 Å². The van der Waals surface area contributed by atoms with Crippen molar-refractivity contribution in [2.24, 2.45) is 0 Å². The van der Waals surface area contributed by atoms with E-state index in [1.807, 2.05) is 6.20 Å². The lowest BCUT2D eigenvalue weighted by Gasteiger charge is -2.09. The summed E-state index contributed by atoms with van der Waals surface area (Å²) in [7, 11) is 0. The fourth-order valence-electron chi connectivity index (χ4n) is 1.78. The van der Waals surface area contributed by atoms with Crippen LogP contribution in [0.25, 0.3) is 10.6 Å². The summed E-state index contributed by atoms with van der Waals surface area (Å²) < 4.78 is 0. The molecule has 0 saturated carbocycles. The van der Waals surface area contributed by atoms with E-state index in [1.165, 1.54) is 16.0 Å². The highest BCUT2D eigenvalue weighted by atomic mass is 32.1. The van der Waals surface area contributed by atoms with E-state index in [-0.39, 0.29) is 0 Å². The fraction of sp³-hybridized carbons (Fsp3) is 0.400. The Morgan fingerprint density at radius 1 is 1.28 bits per heavy atom. The SMILES string of the molecule is CCCNC(C)c1cnc(-c2ccc(C)cc2)s1. The lowest BCUT2D eigenvalue weighted by atomic mass is 10.2. The standard InChI is InChI=1S/C15H20N2S/c1-4-9-16-12(3)14-10-17-15(18-14)13-7-5-11(2)6-8-13/h5-8,10,12,16H,4,9H2,1-3H3. The molecule has 0 aliphatic carbocycles. The van der Waals surface area contributed by atoms with Gasteiger partial charge in [0, 0.05) is 22.7 Å². The molecule has 2 rings (SSSR count). The number of thiazole rings is 1. The van der Waals surface area contributed by atoms with Gasteiger partial charge in [-0.1, -0.05) is 36.8 Å². The Morgan fingerprint density at radius 3 is 2.67 bits per heavy atom. The maximum absolute atomic E-state index is 4.52. The maximum Gasteiger partial charge on any atom is 0.123 e. The van der Waals surface area contributed by atoms with Crippen LogP contribution in [0.4, 0.5) is 0 Å². The maximum atomic E-state index is 4.52. The molecule has 1 unspecified atom stereocenters. The number of hydrogen-bond acceptors (Lipinski definition) is 3. The Kier molecular flexibility index (Phi) is 4.50. The molecule has 0 radical (unpaired) electrons. The van der Waals surface area contributed by atoms with Gasteiger partial charge in [0.25, 0.3) is 0 Å². The predicted octanol–water partition coefficient (Wildman–Crippen LogP) is 4.18. The highest BCUT2D eigenvalue weighted by molar-refractivity contribution is 7.15. The highest BCUT2D eigenvalue weighted by Crippen LogP contribution is 2.28. The molecule has 1 heterocycles. The molecule has 0 fully saturated rings. The summed E-state index contributed by atoms with van der Waals surface area (Å²) >= 11 is 1.78. The normalized spacial score (nSPS) is 12.6. The van der Waals surface area contributed by atoms with E-state index in [2.05, 4.69) is 55.3 Å². The first-order valence-electron chi connectivity index (χ1n) is 6.47. The molecule has 2 nitrogen and oxygen atoms in total. The van der Waals surface area contributed by atoms with Gasteiger partial charge in [-0.25, -0.2) is 4.98 Å². The molecular weight excluding hydrogens is 240 g/mol. The van der Waals surface area contributed by atoms with Crippen molar-refractivity contribution in [2.45, 2.75) is 33.2 Å². The smallest absolute Gasteiger partial charge is 0.123 e. The second-order valence-electron chi connectivity index (χ2n) is 4.61. The highest BCUT2D eigenvalue weighted by Gasteiger charge is 2.10. The van der Waals surface area contributed by atoms with Crippen LogP contribution in [0.2, 0.25) is 0 Å². The van der Waals surface area contributed by atoms with Crippen LogP contribution in [-0.2, 0) is 0 Å². The second kappa shape index (κ2) is 6.12. The molecule has 0 aliphatic heterocycles. The Hall–Kier alpha value is -1.19. The predicted molar refractivity (Wildman–Crippen MR) is 79.0 cm³/mol. The van der Waals surface area contributed by atoms with Gasteiger partial charge in [-0.15, -0.1) is 11.3 Å². The number of nitrogens with one attached hydrogen (secondary N) is 1. The van der Waals surface area contributed by atoms with Crippen LogP contribution in [0, 0.1) is 6.92 Å². The van der Waals surface area contributed by atoms with Gasteiger partial charge in [-0.3, -0.25) is 0 Å². The molecule has 0 spiro atoms. The van der Waals surface area contributed by atoms with Gasteiger partial charge in [0.05, 0.1) is 0 Å². The topological polar surface area (TPSA) is 24.9 Å². The first kappa shape index (κ1) is 13.2. The molecular formula is C15H20N2S.